The zero-order valence-corrected chi connectivity index (χ0v) is 15.9. The molecule has 0 bridgehead atoms. The van der Waals surface area contributed by atoms with E-state index in [0.717, 1.165) is 25.3 Å². The number of benzene rings is 1. The van der Waals surface area contributed by atoms with Gasteiger partial charge in [0.2, 0.25) is 5.91 Å². The summed E-state index contributed by atoms with van der Waals surface area (Å²) >= 11 is 0. The molecule has 1 amide bonds. The van der Waals surface area contributed by atoms with E-state index in [1.165, 1.54) is 12.1 Å². The molecule has 3 rings (SSSR count). The molecule has 152 valence electrons. The molecule has 1 unspecified atom stereocenters. The quantitative estimate of drug-likeness (QED) is 0.800. The molecule has 2 fully saturated rings. The average molecular weight is 407 g/mol. The molecule has 2 aliphatic rings. The van der Waals surface area contributed by atoms with Crippen LogP contribution in [-0.4, -0.2) is 31.7 Å². The van der Waals surface area contributed by atoms with Crippen molar-refractivity contribution in [2.24, 2.45) is 0 Å². The molecule has 1 saturated carbocycles. The number of amides is 1. The molecule has 1 heterocycles. The van der Waals surface area contributed by atoms with Gasteiger partial charge in [-0.15, -0.1) is 12.4 Å². The van der Waals surface area contributed by atoms with E-state index in [0.29, 0.717) is 38.2 Å². The number of halogens is 4. The third-order valence-electron chi connectivity index (χ3n) is 5.26. The molecule has 1 aromatic carbocycles. The lowest BCUT2D eigenvalue weighted by Gasteiger charge is -2.39. The van der Waals surface area contributed by atoms with Gasteiger partial charge < -0.3 is 15.4 Å². The third kappa shape index (κ3) is 5.59. The molecular weight excluding hydrogens is 381 g/mol. The molecular formula is C19H26ClF3N2O2. The summed E-state index contributed by atoms with van der Waals surface area (Å²) in [6.07, 6.45) is 0.0144. The van der Waals surface area contributed by atoms with E-state index in [1.807, 2.05) is 0 Å². The van der Waals surface area contributed by atoms with Gasteiger partial charge in [-0.2, -0.15) is 13.2 Å². The summed E-state index contributed by atoms with van der Waals surface area (Å²) in [4.78, 5) is 12.6. The van der Waals surface area contributed by atoms with Crippen LogP contribution in [0.15, 0.2) is 24.3 Å². The van der Waals surface area contributed by atoms with Crippen molar-refractivity contribution in [3.05, 3.63) is 35.4 Å². The zero-order chi connectivity index (χ0) is 18.6. The summed E-state index contributed by atoms with van der Waals surface area (Å²) in [6.45, 7) is 1.81. The van der Waals surface area contributed by atoms with Crippen LogP contribution in [-0.2, 0) is 21.2 Å². The van der Waals surface area contributed by atoms with Crippen LogP contribution in [0.5, 0.6) is 0 Å². The molecule has 4 nitrogen and oxygen atoms in total. The molecule has 1 saturated heterocycles. The lowest BCUT2D eigenvalue weighted by molar-refractivity contribution is -0.137. The van der Waals surface area contributed by atoms with Crippen LogP contribution >= 0.6 is 12.4 Å². The van der Waals surface area contributed by atoms with Gasteiger partial charge in [-0.3, -0.25) is 4.79 Å². The highest BCUT2D eigenvalue weighted by Crippen LogP contribution is 2.39. The van der Waals surface area contributed by atoms with Crippen molar-refractivity contribution in [3.8, 4) is 0 Å². The Morgan fingerprint density at radius 2 is 2.00 bits per heavy atom. The smallest absolute Gasteiger partial charge is 0.378 e. The van der Waals surface area contributed by atoms with Crippen molar-refractivity contribution < 1.29 is 22.7 Å². The average Bonchev–Trinajstić information content (AvgIpc) is 2.62. The van der Waals surface area contributed by atoms with Crippen molar-refractivity contribution in [3.63, 3.8) is 0 Å². The Balaban J connectivity index is 0.00000261. The standard InChI is InChI=1S/C19H25F3N2O2.ClH/c20-19(21,22)15-6-4-5-14(11-15)18(7-2-1-3-8-18)24-17(25)12-16-13-26-10-9-23-16;/h4-6,11,16,23H,1-3,7-10,12-13H2,(H,24,25);1H. The van der Waals surface area contributed by atoms with Gasteiger partial charge in [0.1, 0.15) is 0 Å². The fourth-order valence-electron chi connectivity index (χ4n) is 3.93. The highest BCUT2D eigenvalue weighted by molar-refractivity contribution is 5.85. The normalized spacial score (nSPS) is 22.6. The number of alkyl halides is 3. The van der Waals surface area contributed by atoms with Crippen molar-refractivity contribution in [1.29, 1.82) is 0 Å². The topological polar surface area (TPSA) is 50.4 Å². The predicted octanol–water partition coefficient (Wildman–Crippen LogP) is 3.78. The molecule has 1 aliphatic heterocycles. The second kappa shape index (κ2) is 9.26. The Morgan fingerprint density at radius 3 is 2.63 bits per heavy atom. The van der Waals surface area contributed by atoms with Crippen molar-refractivity contribution in [2.75, 3.05) is 19.8 Å². The first-order valence-electron chi connectivity index (χ1n) is 9.19. The van der Waals surface area contributed by atoms with E-state index in [9.17, 15) is 18.0 Å². The number of rotatable bonds is 4. The fourth-order valence-corrected chi connectivity index (χ4v) is 3.93. The number of carbonyl (C=O) groups excluding carboxylic acids is 1. The first-order valence-corrected chi connectivity index (χ1v) is 9.19. The summed E-state index contributed by atoms with van der Waals surface area (Å²) in [5.74, 6) is -0.146. The first-order chi connectivity index (χ1) is 12.4. The highest BCUT2D eigenvalue weighted by Gasteiger charge is 2.38. The minimum atomic E-state index is -4.39. The zero-order valence-electron chi connectivity index (χ0n) is 15.1. The SMILES string of the molecule is Cl.O=C(CC1COCCN1)NC1(c2cccc(C(F)(F)F)c2)CCCCC1. The number of nitrogens with one attached hydrogen (secondary N) is 2. The lowest BCUT2D eigenvalue weighted by Crippen LogP contribution is -2.50. The Kier molecular flexibility index (Phi) is 7.54. The van der Waals surface area contributed by atoms with E-state index in [1.54, 1.807) is 6.07 Å². The summed E-state index contributed by atoms with van der Waals surface area (Å²) in [5.41, 5.74) is -0.837. The predicted molar refractivity (Wildman–Crippen MR) is 98.8 cm³/mol. The maximum absolute atomic E-state index is 13.1. The lowest BCUT2D eigenvalue weighted by atomic mass is 9.76. The van der Waals surface area contributed by atoms with Gasteiger partial charge in [0, 0.05) is 19.0 Å². The number of hydrogen-bond donors (Lipinski definition) is 2. The minimum absolute atomic E-state index is 0. The second-order valence-corrected chi connectivity index (χ2v) is 7.20. The van der Waals surface area contributed by atoms with Crippen molar-refractivity contribution in [1.82, 2.24) is 10.6 Å². The van der Waals surface area contributed by atoms with Gasteiger partial charge in [-0.1, -0.05) is 31.4 Å². The third-order valence-corrected chi connectivity index (χ3v) is 5.26. The molecule has 1 aliphatic carbocycles. The van der Waals surface area contributed by atoms with Gasteiger partial charge in [-0.25, -0.2) is 0 Å². The molecule has 1 aromatic rings. The Bertz CT molecular complexity index is 628. The maximum atomic E-state index is 13.1. The molecule has 0 radical (unpaired) electrons. The van der Waals surface area contributed by atoms with Gasteiger partial charge in [0.25, 0.3) is 0 Å². The van der Waals surface area contributed by atoms with E-state index in [2.05, 4.69) is 10.6 Å². The fraction of sp³-hybridized carbons (Fsp3) is 0.632. The summed E-state index contributed by atoms with van der Waals surface area (Å²) in [6, 6.07) is 5.34. The van der Waals surface area contributed by atoms with E-state index in [4.69, 9.17) is 4.74 Å². The van der Waals surface area contributed by atoms with Crippen LogP contribution in [0.2, 0.25) is 0 Å². The molecule has 1 atom stereocenters. The van der Waals surface area contributed by atoms with Crippen LogP contribution in [0.25, 0.3) is 0 Å². The highest BCUT2D eigenvalue weighted by atomic mass is 35.5. The van der Waals surface area contributed by atoms with Gasteiger partial charge in [0.15, 0.2) is 0 Å². The summed E-state index contributed by atoms with van der Waals surface area (Å²) in [5, 5.41) is 6.31. The second-order valence-electron chi connectivity index (χ2n) is 7.20. The maximum Gasteiger partial charge on any atom is 0.416 e. The van der Waals surface area contributed by atoms with Gasteiger partial charge >= 0.3 is 6.18 Å². The number of hydrogen-bond acceptors (Lipinski definition) is 3. The summed E-state index contributed by atoms with van der Waals surface area (Å²) < 4.78 is 44.7. The van der Waals surface area contributed by atoms with Crippen LogP contribution in [0, 0.1) is 0 Å². The Morgan fingerprint density at radius 1 is 1.26 bits per heavy atom. The van der Waals surface area contributed by atoms with Crippen LogP contribution in [0.1, 0.15) is 49.7 Å². The van der Waals surface area contributed by atoms with E-state index >= 15 is 0 Å². The number of morpholine rings is 1. The van der Waals surface area contributed by atoms with E-state index < -0.39 is 17.3 Å². The van der Waals surface area contributed by atoms with Crippen LogP contribution in [0.3, 0.4) is 0 Å². The van der Waals surface area contributed by atoms with E-state index in [-0.39, 0.29) is 30.8 Å². The molecule has 0 aromatic heterocycles. The number of carbonyl (C=O) groups is 1. The summed E-state index contributed by atoms with van der Waals surface area (Å²) in [7, 11) is 0. The van der Waals surface area contributed by atoms with Crippen molar-refractivity contribution >= 4 is 18.3 Å². The molecule has 8 heteroatoms. The largest absolute Gasteiger partial charge is 0.416 e. The van der Waals surface area contributed by atoms with Crippen LogP contribution < -0.4 is 10.6 Å². The molecule has 0 spiro atoms. The number of ether oxygens (including phenoxy) is 1. The Hall–Kier alpha value is -1.31. The van der Waals surface area contributed by atoms with Crippen molar-refractivity contribution in [2.45, 2.75) is 56.3 Å². The van der Waals surface area contributed by atoms with Crippen LogP contribution in [0.4, 0.5) is 13.2 Å². The monoisotopic (exact) mass is 406 g/mol. The molecule has 27 heavy (non-hydrogen) atoms. The van der Waals surface area contributed by atoms with Gasteiger partial charge in [0.05, 0.1) is 24.3 Å². The first kappa shape index (κ1) is 22.0. The minimum Gasteiger partial charge on any atom is -0.378 e. The van der Waals surface area contributed by atoms with Gasteiger partial charge in [-0.05, 0) is 30.5 Å². The molecule has 2 N–H and O–H groups in total. The Labute approximate surface area is 163 Å².